The zero-order valence-corrected chi connectivity index (χ0v) is 16.2. The van der Waals surface area contributed by atoms with E-state index in [4.69, 9.17) is 15.9 Å². The molecule has 140 valence electrons. The zero-order chi connectivity index (χ0) is 19.5. The van der Waals surface area contributed by atoms with Crippen molar-refractivity contribution < 1.29 is 14.3 Å². The van der Waals surface area contributed by atoms with Crippen molar-refractivity contribution >= 4 is 22.9 Å². The fourth-order valence-corrected chi connectivity index (χ4v) is 4.56. The van der Waals surface area contributed by atoms with Crippen molar-refractivity contribution in [2.75, 3.05) is 19.0 Å². The van der Waals surface area contributed by atoms with Crippen LogP contribution in [-0.4, -0.2) is 19.6 Å². The van der Waals surface area contributed by atoms with Gasteiger partial charge in [0.2, 0.25) is 5.91 Å². The van der Waals surface area contributed by atoms with E-state index < -0.39 is 0 Å². The van der Waals surface area contributed by atoms with E-state index in [1.54, 1.807) is 18.4 Å². The normalized spacial score (nSPS) is 15.3. The second kappa shape index (κ2) is 7.79. The van der Waals surface area contributed by atoms with Crippen LogP contribution in [0.3, 0.4) is 0 Å². The summed E-state index contributed by atoms with van der Waals surface area (Å²) >= 11 is 1.68. The van der Waals surface area contributed by atoms with Gasteiger partial charge in [-0.25, -0.2) is 0 Å². The second-order valence-electron chi connectivity index (χ2n) is 6.48. The van der Waals surface area contributed by atoms with Gasteiger partial charge in [-0.2, -0.15) is 0 Å². The first kappa shape index (κ1) is 18.1. The molecule has 4 nitrogen and oxygen atoms in total. The van der Waals surface area contributed by atoms with Crippen LogP contribution in [0.1, 0.15) is 22.8 Å². The molecule has 0 spiro atoms. The summed E-state index contributed by atoms with van der Waals surface area (Å²) in [5.41, 5.74) is 4.09. The van der Waals surface area contributed by atoms with Crippen molar-refractivity contribution in [3.8, 4) is 35.0 Å². The third kappa shape index (κ3) is 3.47. The molecule has 3 aromatic rings. The Morgan fingerprint density at radius 2 is 1.86 bits per heavy atom. The van der Waals surface area contributed by atoms with Crippen LogP contribution >= 0.6 is 11.3 Å². The first-order valence-electron chi connectivity index (χ1n) is 8.91. The molecule has 1 amide bonds. The van der Waals surface area contributed by atoms with Crippen LogP contribution in [0.2, 0.25) is 0 Å². The van der Waals surface area contributed by atoms with E-state index in [9.17, 15) is 4.79 Å². The monoisotopic (exact) mass is 389 g/mol. The highest BCUT2D eigenvalue weighted by Gasteiger charge is 2.30. The molecule has 0 radical (unpaired) electrons. The summed E-state index contributed by atoms with van der Waals surface area (Å²) in [6, 6.07) is 15.7. The van der Waals surface area contributed by atoms with Crippen LogP contribution in [-0.2, 0) is 4.79 Å². The Bertz CT molecular complexity index is 1030. The van der Waals surface area contributed by atoms with Crippen LogP contribution in [0.25, 0.3) is 11.1 Å². The Hall–Kier alpha value is -3.23. The van der Waals surface area contributed by atoms with E-state index >= 15 is 0 Å². The molecule has 0 fully saturated rings. The standard InChI is InChI=1S/C23H19NO3S/c1-3-12-27-18-10-6-15(7-11-18)19-13-21(25)24-22-20(14-28-23(19)22)16-4-8-17(26-2)9-5-16/h1,4-11,14,19H,12-13H2,2H3,(H,24,25). The van der Waals surface area contributed by atoms with Gasteiger partial charge in [-0.1, -0.05) is 30.2 Å². The van der Waals surface area contributed by atoms with E-state index in [1.165, 1.54) is 4.88 Å². The number of benzene rings is 2. The Balaban J connectivity index is 1.67. The molecule has 1 aliphatic rings. The number of amides is 1. The Morgan fingerprint density at radius 1 is 1.14 bits per heavy atom. The Morgan fingerprint density at radius 3 is 2.54 bits per heavy atom. The SMILES string of the molecule is C#CCOc1ccc(C2CC(=O)Nc3c(-c4ccc(OC)cc4)csc32)cc1. The molecule has 1 unspecified atom stereocenters. The lowest BCUT2D eigenvalue weighted by Crippen LogP contribution is -2.22. The minimum Gasteiger partial charge on any atom is -0.497 e. The average Bonchev–Trinajstić information content (AvgIpc) is 3.16. The molecular weight excluding hydrogens is 370 g/mol. The van der Waals surface area contributed by atoms with Crippen LogP contribution in [0.15, 0.2) is 53.9 Å². The second-order valence-corrected chi connectivity index (χ2v) is 7.40. The zero-order valence-electron chi connectivity index (χ0n) is 15.4. The number of hydrogen-bond acceptors (Lipinski definition) is 4. The van der Waals surface area contributed by atoms with Gasteiger partial charge in [-0.05, 0) is 35.4 Å². The van der Waals surface area contributed by atoms with Crippen molar-refractivity contribution in [2.45, 2.75) is 12.3 Å². The maximum atomic E-state index is 12.4. The van der Waals surface area contributed by atoms with E-state index in [1.807, 2.05) is 48.5 Å². The summed E-state index contributed by atoms with van der Waals surface area (Å²) in [6.45, 7) is 0.242. The number of fused-ring (bicyclic) bond motifs is 1. The van der Waals surface area contributed by atoms with Gasteiger partial charge in [-0.15, -0.1) is 17.8 Å². The molecule has 0 saturated carbocycles. The third-order valence-electron chi connectivity index (χ3n) is 4.80. The molecule has 2 heterocycles. The summed E-state index contributed by atoms with van der Waals surface area (Å²) in [7, 11) is 1.65. The molecule has 1 atom stereocenters. The summed E-state index contributed by atoms with van der Waals surface area (Å²) < 4.78 is 10.7. The first-order chi connectivity index (χ1) is 13.7. The lowest BCUT2D eigenvalue weighted by molar-refractivity contribution is -0.116. The van der Waals surface area contributed by atoms with Crippen LogP contribution in [0.4, 0.5) is 5.69 Å². The predicted molar refractivity (Wildman–Crippen MR) is 112 cm³/mol. The van der Waals surface area contributed by atoms with Crippen molar-refractivity contribution in [1.82, 2.24) is 0 Å². The van der Waals surface area contributed by atoms with Crippen molar-refractivity contribution in [3.05, 3.63) is 64.4 Å². The van der Waals surface area contributed by atoms with E-state index in [0.29, 0.717) is 6.42 Å². The van der Waals surface area contributed by atoms with Crippen LogP contribution < -0.4 is 14.8 Å². The van der Waals surface area contributed by atoms with E-state index in [-0.39, 0.29) is 18.4 Å². The topological polar surface area (TPSA) is 47.6 Å². The van der Waals surface area contributed by atoms with Gasteiger partial charge in [0, 0.05) is 28.2 Å². The van der Waals surface area contributed by atoms with E-state index in [2.05, 4.69) is 16.6 Å². The summed E-state index contributed by atoms with van der Waals surface area (Å²) in [5, 5.41) is 5.17. The number of hydrogen-bond donors (Lipinski definition) is 1. The van der Waals surface area contributed by atoms with Crippen molar-refractivity contribution in [3.63, 3.8) is 0 Å². The molecule has 5 heteroatoms. The number of carbonyl (C=O) groups is 1. The van der Waals surface area contributed by atoms with Gasteiger partial charge in [0.1, 0.15) is 18.1 Å². The molecule has 0 aliphatic carbocycles. The largest absolute Gasteiger partial charge is 0.497 e. The average molecular weight is 389 g/mol. The van der Waals surface area contributed by atoms with Crippen molar-refractivity contribution in [1.29, 1.82) is 0 Å². The minimum absolute atomic E-state index is 0.0262. The Labute approximate surface area is 168 Å². The van der Waals surface area contributed by atoms with Gasteiger partial charge >= 0.3 is 0 Å². The quantitative estimate of drug-likeness (QED) is 0.631. The van der Waals surface area contributed by atoms with Crippen LogP contribution in [0, 0.1) is 12.3 Å². The van der Waals surface area contributed by atoms with E-state index in [0.717, 1.165) is 33.9 Å². The molecule has 1 aromatic heterocycles. The summed E-state index contributed by atoms with van der Waals surface area (Å²) in [4.78, 5) is 13.6. The maximum Gasteiger partial charge on any atom is 0.225 e. The van der Waals surface area contributed by atoms with Crippen molar-refractivity contribution in [2.24, 2.45) is 0 Å². The fourth-order valence-electron chi connectivity index (χ4n) is 3.40. The lowest BCUT2D eigenvalue weighted by atomic mass is 9.89. The number of nitrogens with one attached hydrogen (secondary N) is 1. The number of carbonyl (C=O) groups excluding carboxylic acids is 1. The minimum atomic E-state index is 0.0262. The molecule has 4 rings (SSSR count). The number of methoxy groups -OCH3 is 1. The summed E-state index contributed by atoms with van der Waals surface area (Å²) in [5.74, 6) is 4.05. The number of rotatable bonds is 5. The number of terminal acetylenes is 1. The molecule has 0 saturated heterocycles. The molecule has 2 aromatic carbocycles. The fraction of sp³-hybridized carbons (Fsp3) is 0.174. The van der Waals surface area contributed by atoms with Gasteiger partial charge in [0.15, 0.2) is 0 Å². The third-order valence-corrected chi connectivity index (χ3v) is 5.89. The highest BCUT2D eigenvalue weighted by Crippen LogP contribution is 2.46. The molecule has 0 bridgehead atoms. The summed E-state index contributed by atoms with van der Waals surface area (Å²) in [6.07, 6.45) is 5.66. The number of thiophene rings is 1. The predicted octanol–water partition coefficient (Wildman–Crippen LogP) is 4.91. The van der Waals surface area contributed by atoms with Gasteiger partial charge in [0.05, 0.1) is 12.8 Å². The van der Waals surface area contributed by atoms with Gasteiger partial charge in [-0.3, -0.25) is 4.79 Å². The molecule has 28 heavy (non-hydrogen) atoms. The molecule has 1 aliphatic heterocycles. The lowest BCUT2D eigenvalue weighted by Gasteiger charge is -2.24. The Kier molecular flexibility index (Phi) is 5.05. The van der Waals surface area contributed by atoms with Gasteiger partial charge in [0.25, 0.3) is 0 Å². The van der Waals surface area contributed by atoms with Gasteiger partial charge < -0.3 is 14.8 Å². The first-order valence-corrected chi connectivity index (χ1v) is 9.79. The highest BCUT2D eigenvalue weighted by atomic mass is 32.1. The molecular formula is C23H19NO3S. The maximum absolute atomic E-state index is 12.4. The smallest absolute Gasteiger partial charge is 0.225 e. The highest BCUT2D eigenvalue weighted by molar-refractivity contribution is 7.11. The number of ether oxygens (including phenoxy) is 2. The van der Waals surface area contributed by atoms with Crippen LogP contribution in [0.5, 0.6) is 11.5 Å². The number of anilines is 1. The molecule has 1 N–H and O–H groups in total.